The van der Waals surface area contributed by atoms with Crippen molar-refractivity contribution in [2.45, 2.75) is 30.2 Å². The molecule has 4 rings (SSSR count). The van der Waals surface area contributed by atoms with Crippen LogP contribution in [0, 0.1) is 0 Å². The number of aliphatic hydroxyl groups is 1. The Morgan fingerprint density at radius 1 is 1.42 bits per heavy atom. The molecule has 3 heterocycles. The fraction of sp³-hybridized carbons (Fsp3) is 0.500. The molecule has 0 spiro atoms. The lowest BCUT2D eigenvalue weighted by Gasteiger charge is -2.37. The molecule has 2 aromatic rings. The van der Waals surface area contributed by atoms with E-state index < -0.39 is 5.60 Å². The van der Waals surface area contributed by atoms with Crippen LogP contribution in [0.5, 0.6) is 0 Å². The molecule has 2 aromatic heterocycles. The van der Waals surface area contributed by atoms with Crippen LogP contribution < -0.4 is 0 Å². The van der Waals surface area contributed by atoms with Gasteiger partial charge in [-0.1, -0.05) is 0 Å². The largest absolute Gasteiger partial charge is 0.380 e. The van der Waals surface area contributed by atoms with Crippen molar-refractivity contribution >= 4 is 17.2 Å². The Kier molecular flexibility index (Phi) is 2.43. The van der Waals surface area contributed by atoms with Crippen LogP contribution in [0.1, 0.15) is 35.6 Å². The van der Waals surface area contributed by atoms with Gasteiger partial charge in [-0.05, 0) is 30.4 Å². The van der Waals surface area contributed by atoms with E-state index in [0.29, 0.717) is 25.0 Å². The average molecular weight is 279 g/mol. The zero-order valence-electron chi connectivity index (χ0n) is 10.5. The van der Waals surface area contributed by atoms with Crippen LogP contribution in [0.15, 0.2) is 18.5 Å². The first kappa shape index (κ1) is 11.7. The molecule has 1 N–H and O–H groups in total. The third-order valence-corrected chi connectivity index (χ3v) is 4.26. The van der Waals surface area contributed by atoms with E-state index >= 15 is 0 Å². The summed E-state index contributed by atoms with van der Waals surface area (Å²) in [7, 11) is 0. The van der Waals surface area contributed by atoms with Crippen molar-refractivity contribution in [1.29, 1.82) is 0 Å². The van der Waals surface area contributed by atoms with Gasteiger partial charge >= 0.3 is 0 Å². The Balaban J connectivity index is 1.94. The summed E-state index contributed by atoms with van der Waals surface area (Å²) in [5.41, 5.74) is 2.90. The highest BCUT2D eigenvalue weighted by molar-refractivity contribution is 6.16. The van der Waals surface area contributed by atoms with E-state index in [1.165, 1.54) is 18.4 Å². The molecule has 0 bridgehead atoms. The van der Waals surface area contributed by atoms with Crippen LogP contribution in [0.25, 0.3) is 5.65 Å². The Morgan fingerprint density at radius 3 is 2.79 bits per heavy atom. The lowest BCUT2D eigenvalue weighted by molar-refractivity contribution is -0.184. The first-order valence-corrected chi connectivity index (χ1v) is 7.11. The Bertz CT molecular complexity index is 644. The van der Waals surface area contributed by atoms with Crippen LogP contribution >= 0.6 is 11.6 Å². The molecule has 1 saturated heterocycles. The molecule has 5 heteroatoms. The maximum absolute atomic E-state index is 10.6. The van der Waals surface area contributed by atoms with E-state index in [-0.39, 0.29) is 0 Å². The molecule has 1 aliphatic heterocycles. The smallest absolute Gasteiger partial charge is 0.143 e. The number of fused-ring (bicyclic) bond motifs is 1. The molecule has 0 radical (unpaired) electrons. The van der Waals surface area contributed by atoms with Gasteiger partial charge in [0.05, 0.1) is 24.8 Å². The van der Waals surface area contributed by atoms with Gasteiger partial charge in [-0.15, -0.1) is 11.6 Å². The van der Waals surface area contributed by atoms with E-state index in [1.807, 2.05) is 10.6 Å². The van der Waals surface area contributed by atoms with Crippen LogP contribution in [0.2, 0.25) is 0 Å². The standard InChI is InChI=1S/C14H15ClN2O2/c15-4-11-6-17-5-10(9-1-2-9)3-12(13(17)16-11)14(18)7-19-8-14/h3,5-6,9,18H,1-2,4,7-8H2. The number of ether oxygens (including phenoxy) is 1. The number of hydrogen-bond acceptors (Lipinski definition) is 3. The number of imidazole rings is 1. The number of alkyl halides is 1. The van der Waals surface area contributed by atoms with Crippen LogP contribution in [-0.4, -0.2) is 27.7 Å². The SMILES string of the molecule is OC1(c2cc(C3CC3)cn3cc(CCl)nc23)COC1. The first-order valence-electron chi connectivity index (χ1n) is 6.58. The number of nitrogens with zero attached hydrogens (tertiary/aromatic N) is 2. The van der Waals surface area contributed by atoms with Gasteiger partial charge in [-0.3, -0.25) is 0 Å². The monoisotopic (exact) mass is 278 g/mol. The van der Waals surface area contributed by atoms with Gasteiger partial charge in [0, 0.05) is 18.0 Å². The summed E-state index contributed by atoms with van der Waals surface area (Å²) in [6.45, 7) is 0.694. The Labute approximate surface area is 116 Å². The lowest BCUT2D eigenvalue weighted by atomic mass is 9.91. The van der Waals surface area contributed by atoms with Crippen molar-refractivity contribution in [3.63, 3.8) is 0 Å². The summed E-state index contributed by atoms with van der Waals surface area (Å²) in [4.78, 5) is 4.52. The average Bonchev–Trinajstić information content (AvgIpc) is 3.14. The van der Waals surface area contributed by atoms with E-state index in [2.05, 4.69) is 17.2 Å². The molecule has 0 aromatic carbocycles. The van der Waals surface area contributed by atoms with Gasteiger partial charge in [0.25, 0.3) is 0 Å². The van der Waals surface area contributed by atoms with E-state index in [4.69, 9.17) is 16.3 Å². The fourth-order valence-electron chi connectivity index (χ4n) is 2.67. The van der Waals surface area contributed by atoms with Crippen molar-refractivity contribution in [2.75, 3.05) is 13.2 Å². The summed E-state index contributed by atoms with van der Waals surface area (Å²) in [5, 5.41) is 10.6. The van der Waals surface area contributed by atoms with E-state index in [1.54, 1.807) is 0 Å². The van der Waals surface area contributed by atoms with Crippen molar-refractivity contribution in [2.24, 2.45) is 0 Å². The number of pyridine rings is 1. The fourth-order valence-corrected chi connectivity index (χ4v) is 2.80. The van der Waals surface area contributed by atoms with Gasteiger partial charge in [-0.25, -0.2) is 4.98 Å². The highest BCUT2D eigenvalue weighted by Crippen LogP contribution is 2.42. The van der Waals surface area contributed by atoms with Crippen LogP contribution in [-0.2, 0) is 16.2 Å². The highest BCUT2D eigenvalue weighted by atomic mass is 35.5. The molecule has 19 heavy (non-hydrogen) atoms. The maximum atomic E-state index is 10.6. The minimum Gasteiger partial charge on any atom is -0.380 e. The molecule has 2 aliphatic rings. The van der Waals surface area contributed by atoms with Gasteiger partial charge in [0.1, 0.15) is 11.2 Å². The number of halogens is 1. The number of rotatable bonds is 3. The van der Waals surface area contributed by atoms with Crippen LogP contribution in [0.3, 0.4) is 0 Å². The molecule has 1 saturated carbocycles. The minimum atomic E-state index is -0.888. The van der Waals surface area contributed by atoms with E-state index in [0.717, 1.165) is 16.9 Å². The van der Waals surface area contributed by atoms with Gasteiger partial charge in [-0.2, -0.15) is 0 Å². The molecule has 1 aliphatic carbocycles. The topological polar surface area (TPSA) is 46.8 Å². The normalized spacial score (nSPS) is 21.6. The molecule has 4 nitrogen and oxygen atoms in total. The lowest BCUT2D eigenvalue weighted by Crippen LogP contribution is -2.46. The summed E-state index contributed by atoms with van der Waals surface area (Å²) in [6, 6.07) is 2.10. The molecule has 0 amide bonds. The predicted molar refractivity (Wildman–Crippen MR) is 71.4 cm³/mol. The molecule has 100 valence electrons. The van der Waals surface area contributed by atoms with Crippen molar-refractivity contribution in [3.8, 4) is 0 Å². The second-order valence-electron chi connectivity index (χ2n) is 5.58. The van der Waals surface area contributed by atoms with Gasteiger partial charge in [0.2, 0.25) is 0 Å². The third kappa shape index (κ3) is 1.78. The summed E-state index contributed by atoms with van der Waals surface area (Å²) < 4.78 is 7.17. The summed E-state index contributed by atoms with van der Waals surface area (Å²) in [5.74, 6) is 1.02. The summed E-state index contributed by atoms with van der Waals surface area (Å²) >= 11 is 5.86. The minimum absolute atomic E-state index is 0.347. The molecular formula is C14H15ClN2O2. The molecule has 0 atom stereocenters. The zero-order valence-corrected chi connectivity index (χ0v) is 11.2. The second-order valence-corrected chi connectivity index (χ2v) is 5.85. The Hall–Kier alpha value is -1.10. The molecule has 2 fully saturated rings. The van der Waals surface area contributed by atoms with Crippen molar-refractivity contribution in [1.82, 2.24) is 9.38 Å². The Morgan fingerprint density at radius 2 is 2.21 bits per heavy atom. The summed E-state index contributed by atoms with van der Waals surface area (Å²) in [6.07, 6.45) is 6.52. The number of aromatic nitrogens is 2. The molecule has 0 unspecified atom stereocenters. The quantitative estimate of drug-likeness (QED) is 0.876. The predicted octanol–water partition coefficient (Wildman–Crippen LogP) is 2.17. The van der Waals surface area contributed by atoms with Gasteiger partial charge in [0.15, 0.2) is 0 Å². The van der Waals surface area contributed by atoms with Crippen LogP contribution in [0.4, 0.5) is 0 Å². The van der Waals surface area contributed by atoms with Crippen molar-refractivity contribution in [3.05, 3.63) is 35.3 Å². The zero-order chi connectivity index (χ0) is 13.0. The highest BCUT2D eigenvalue weighted by Gasteiger charge is 2.41. The third-order valence-electron chi connectivity index (χ3n) is 3.99. The maximum Gasteiger partial charge on any atom is 0.143 e. The molecular weight excluding hydrogens is 264 g/mol. The second kappa shape index (κ2) is 3.95. The van der Waals surface area contributed by atoms with Crippen molar-refractivity contribution < 1.29 is 9.84 Å². The van der Waals surface area contributed by atoms with Gasteiger partial charge < -0.3 is 14.2 Å². The number of hydrogen-bond donors (Lipinski definition) is 1. The first-order chi connectivity index (χ1) is 9.19. The van der Waals surface area contributed by atoms with E-state index in [9.17, 15) is 5.11 Å².